The summed E-state index contributed by atoms with van der Waals surface area (Å²) < 4.78 is 13.1. The zero-order chi connectivity index (χ0) is 15.0. The summed E-state index contributed by atoms with van der Waals surface area (Å²) in [5, 5.41) is 8.73. The van der Waals surface area contributed by atoms with Gasteiger partial charge in [-0.3, -0.25) is 4.57 Å². The molecule has 114 valence electrons. The molecule has 1 aliphatic heterocycles. The number of hydrogen-bond donors (Lipinski definition) is 0. The molecule has 21 heavy (non-hydrogen) atoms. The number of methoxy groups -OCH3 is 1. The maximum atomic E-state index is 5.60. The lowest BCUT2D eigenvalue weighted by atomic mass is 10.1. The third kappa shape index (κ3) is 2.55. The lowest BCUT2D eigenvalue weighted by molar-refractivity contribution is 0.0815. The van der Waals surface area contributed by atoms with Gasteiger partial charge in [0, 0.05) is 27.2 Å². The SMILES string of the molecule is COC1CCN(c2nnc(-c3cc(C)oc3C)n2C)CC1. The molecule has 0 amide bonds. The van der Waals surface area contributed by atoms with Crippen LogP contribution in [0.15, 0.2) is 10.5 Å². The molecule has 2 aromatic rings. The Kier molecular flexibility index (Phi) is 3.71. The van der Waals surface area contributed by atoms with Crippen molar-refractivity contribution in [1.82, 2.24) is 14.8 Å². The van der Waals surface area contributed by atoms with Gasteiger partial charge >= 0.3 is 0 Å². The van der Waals surface area contributed by atoms with Crippen molar-refractivity contribution in [2.24, 2.45) is 7.05 Å². The molecule has 0 aromatic carbocycles. The van der Waals surface area contributed by atoms with E-state index in [2.05, 4.69) is 15.1 Å². The summed E-state index contributed by atoms with van der Waals surface area (Å²) >= 11 is 0. The van der Waals surface area contributed by atoms with Gasteiger partial charge in [-0.1, -0.05) is 0 Å². The molecule has 0 aliphatic carbocycles. The minimum atomic E-state index is 0.368. The van der Waals surface area contributed by atoms with E-state index in [1.807, 2.05) is 31.5 Å². The second-order valence-corrected chi connectivity index (χ2v) is 5.63. The van der Waals surface area contributed by atoms with E-state index in [0.29, 0.717) is 6.10 Å². The summed E-state index contributed by atoms with van der Waals surface area (Å²) in [6.07, 6.45) is 2.43. The smallest absolute Gasteiger partial charge is 0.227 e. The van der Waals surface area contributed by atoms with Crippen LogP contribution >= 0.6 is 0 Å². The summed E-state index contributed by atoms with van der Waals surface area (Å²) in [7, 11) is 3.79. The first-order valence-corrected chi connectivity index (χ1v) is 7.34. The molecule has 1 aliphatic rings. The van der Waals surface area contributed by atoms with Crippen molar-refractivity contribution in [3.05, 3.63) is 17.6 Å². The van der Waals surface area contributed by atoms with Gasteiger partial charge in [0.15, 0.2) is 5.82 Å². The Labute approximate surface area is 124 Å². The highest BCUT2D eigenvalue weighted by Gasteiger charge is 2.24. The number of nitrogens with zero attached hydrogens (tertiary/aromatic N) is 4. The van der Waals surface area contributed by atoms with E-state index in [0.717, 1.165) is 54.8 Å². The first-order valence-electron chi connectivity index (χ1n) is 7.34. The van der Waals surface area contributed by atoms with Crippen molar-refractivity contribution < 1.29 is 9.15 Å². The highest BCUT2D eigenvalue weighted by Crippen LogP contribution is 2.28. The number of aromatic nitrogens is 3. The van der Waals surface area contributed by atoms with Crippen LogP contribution < -0.4 is 4.90 Å². The molecule has 3 rings (SSSR count). The Hall–Kier alpha value is -1.82. The fourth-order valence-corrected chi connectivity index (χ4v) is 2.98. The van der Waals surface area contributed by atoms with E-state index in [4.69, 9.17) is 9.15 Å². The average Bonchev–Trinajstić information content (AvgIpc) is 3.01. The molecule has 2 aromatic heterocycles. The fourth-order valence-electron chi connectivity index (χ4n) is 2.98. The molecular weight excluding hydrogens is 268 g/mol. The zero-order valence-corrected chi connectivity index (χ0v) is 13.1. The molecule has 1 saturated heterocycles. The van der Waals surface area contributed by atoms with Crippen LogP contribution in [0.5, 0.6) is 0 Å². The van der Waals surface area contributed by atoms with Crippen molar-refractivity contribution in [2.75, 3.05) is 25.1 Å². The monoisotopic (exact) mass is 290 g/mol. The summed E-state index contributed by atoms with van der Waals surface area (Å²) in [6, 6.07) is 2.01. The van der Waals surface area contributed by atoms with Gasteiger partial charge in [-0.2, -0.15) is 0 Å². The molecule has 0 bridgehead atoms. The highest BCUT2D eigenvalue weighted by molar-refractivity contribution is 5.60. The van der Waals surface area contributed by atoms with Crippen LogP contribution in [0.2, 0.25) is 0 Å². The Bertz CT molecular complexity index is 624. The molecule has 6 heteroatoms. The van der Waals surface area contributed by atoms with Crippen LogP contribution in [-0.2, 0) is 11.8 Å². The van der Waals surface area contributed by atoms with E-state index >= 15 is 0 Å². The molecule has 0 saturated carbocycles. The Morgan fingerprint density at radius 1 is 1.24 bits per heavy atom. The second-order valence-electron chi connectivity index (χ2n) is 5.63. The minimum absolute atomic E-state index is 0.368. The minimum Gasteiger partial charge on any atom is -0.466 e. The van der Waals surface area contributed by atoms with Crippen LogP contribution in [-0.4, -0.2) is 41.1 Å². The quantitative estimate of drug-likeness (QED) is 0.868. The predicted molar refractivity (Wildman–Crippen MR) is 80.4 cm³/mol. The maximum Gasteiger partial charge on any atom is 0.227 e. The topological polar surface area (TPSA) is 56.3 Å². The Balaban J connectivity index is 1.85. The number of rotatable bonds is 3. The van der Waals surface area contributed by atoms with Crippen molar-refractivity contribution in [3.8, 4) is 11.4 Å². The first-order chi connectivity index (χ1) is 10.1. The van der Waals surface area contributed by atoms with Crippen LogP contribution in [0, 0.1) is 13.8 Å². The number of anilines is 1. The van der Waals surface area contributed by atoms with Crippen molar-refractivity contribution >= 4 is 5.95 Å². The molecular formula is C15H22N4O2. The van der Waals surface area contributed by atoms with E-state index in [-0.39, 0.29) is 0 Å². The van der Waals surface area contributed by atoms with Crippen molar-refractivity contribution in [2.45, 2.75) is 32.8 Å². The van der Waals surface area contributed by atoms with Gasteiger partial charge in [0.1, 0.15) is 11.5 Å². The summed E-state index contributed by atoms with van der Waals surface area (Å²) in [4.78, 5) is 2.27. The largest absolute Gasteiger partial charge is 0.466 e. The molecule has 0 atom stereocenters. The lowest BCUT2D eigenvalue weighted by Gasteiger charge is -2.31. The Morgan fingerprint density at radius 2 is 1.95 bits per heavy atom. The fraction of sp³-hybridized carbons (Fsp3) is 0.600. The molecule has 1 fully saturated rings. The average molecular weight is 290 g/mol. The third-order valence-electron chi connectivity index (χ3n) is 4.19. The first kappa shape index (κ1) is 14.1. The van der Waals surface area contributed by atoms with E-state index in [1.54, 1.807) is 7.11 Å². The van der Waals surface area contributed by atoms with Gasteiger partial charge in [-0.15, -0.1) is 10.2 Å². The number of piperidine rings is 1. The molecule has 0 N–H and O–H groups in total. The Morgan fingerprint density at radius 3 is 2.52 bits per heavy atom. The van der Waals surface area contributed by atoms with E-state index < -0.39 is 0 Å². The summed E-state index contributed by atoms with van der Waals surface area (Å²) in [5.41, 5.74) is 1.01. The van der Waals surface area contributed by atoms with Gasteiger partial charge in [-0.05, 0) is 32.8 Å². The van der Waals surface area contributed by atoms with Crippen LogP contribution in [0.25, 0.3) is 11.4 Å². The number of hydrogen-bond acceptors (Lipinski definition) is 5. The summed E-state index contributed by atoms with van der Waals surface area (Å²) in [5.74, 6) is 3.55. The van der Waals surface area contributed by atoms with Crippen LogP contribution in [0.1, 0.15) is 24.4 Å². The van der Waals surface area contributed by atoms with Gasteiger partial charge in [-0.25, -0.2) is 0 Å². The van der Waals surface area contributed by atoms with Crippen molar-refractivity contribution in [3.63, 3.8) is 0 Å². The van der Waals surface area contributed by atoms with Crippen LogP contribution in [0.3, 0.4) is 0 Å². The number of furan rings is 1. The number of ether oxygens (including phenoxy) is 1. The normalized spacial score (nSPS) is 16.7. The van der Waals surface area contributed by atoms with E-state index in [1.165, 1.54) is 0 Å². The molecule has 0 spiro atoms. The second kappa shape index (κ2) is 5.52. The van der Waals surface area contributed by atoms with Crippen LogP contribution in [0.4, 0.5) is 5.95 Å². The molecule has 3 heterocycles. The lowest BCUT2D eigenvalue weighted by Crippen LogP contribution is -2.38. The highest BCUT2D eigenvalue weighted by atomic mass is 16.5. The third-order valence-corrected chi connectivity index (χ3v) is 4.19. The molecule has 0 radical (unpaired) electrons. The van der Waals surface area contributed by atoms with Gasteiger partial charge < -0.3 is 14.1 Å². The van der Waals surface area contributed by atoms with Crippen molar-refractivity contribution in [1.29, 1.82) is 0 Å². The number of aryl methyl sites for hydroxylation is 2. The van der Waals surface area contributed by atoms with Gasteiger partial charge in [0.2, 0.25) is 5.95 Å². The predicted octanol–water partition coefficient (Wildman–Crippen LogP) is 2.31. The van der Waals surface area contributed by atoms with Gasteiger partial charge in [0.05, 0.1) is 11.7 Å². The van der Waals surface area contributed by atoms with E-state index in [9.17, 15) is 0 Å². The maximum absolute atomic E-state index is 5.60. The molecule has 6 nitrogen and oxygen atoms in total. The summed E-state index contributed by atoms with van der Waals surface area (Å²) in [6.45, 7) is 5.81. The molecule has 0 unspecified atom stereocenters. The van der Waals surface area contributed by atoms with Gasteiger partial charge in [0.25, 0.3) is 0 Å². The standard InChI is InChI=1S/C15H22N4O2/c1-10-9-13(11(2)21-10)14-16-17-15(18(14)3)19-7-5-12(20-4)6-8-19/h9,12H,5-8H2,1-4H3. The zero-order valence-electron chi connectivity index (χ0n) is 13.1.